The van der Waals surface area contributed by atoms with Gasteiger partial charge in [0.1, 0.15) is 12.7 Å². The van der Waals surface area contributed by atoms with Crippen LogP contribution in [0.25, 0.3) is 0 Å². The molecule has 0 radical (unpaired) electrons. The minimum atomic E-state index is -4.75. The zero-order valence-electron chi connectivity index (χ0n) is 39.5. The molecule has 0 fully saturated rings. The van der Waals surface area contributed by atoms with Gasteiger partial charge in [-0.15, -0.1) is 0 Å². The molecule has 0 bridgehead atoms. The van der Waals surface area contributed by atoms with Crippen molar-refractivity contribution in [2.75, 3.05) is 19.8 Å². The molecule has 4 N–H and O–H groups in total. The lowest BCUT2D eigenvalue weighted by atomic mass is 10.0. The predicted molar refractivity (Wildman–Crippen MR) is 250 cm³/mol. The van der Waals surface area contributed by atoms with E-state index in [0.29, 0.717) is 12.8 Å². The summed E-state index contributed by atoms with van der Waals surface area (Å²) in [5.74, 6) is -2.35. The maximum absolute atomic E-state index is 12.4. The Morgan fingerprint density at radius 3 is 1.08 bits per heavy atom. The molecule has 0 aliphatic rings. The van der Waals surface area contributed by atoms with Crippen LogP contribution in [0.5, 0.6) is 0 Å². The van der Waals surface area contributed by atoms with Gasteiger partial charge in [-0.1, -0.05) is 239 Å². The third-order valence-corrected chi connectivity index (χ3v) is 12.6. The first-order chi connectivity index (χ1) is 29.6. The minimum Gasteiger partial charge on any atom is -0.480 e. The van der Waals surface area contributed by atoms with E-state index in [1.165, 1.54) is 186 Å². The van der Waals surface area contributed by atoms with Crippen molar-refractivity contribution in [2.45, 2.75) is 276 Å². The molecule has 0 spiro atoms. The molecule has 0 heterocycles. The normalized spacial score (nSPS) is 13.5. The lowest BCUT2D eigenvalue weighted by Gasteiger charge is -2.18. The van der Waals surface area contributed by atoms with E-state index >= 15 is 0 Å². The number of aliphatic hydroxyl groups is 1. The maximum atomic E-state index is 12.4. The maximum Gasteiger partial charge on any atom is 0.472 e. The minimum absolute atomic E-state index is 0.153. The van der Waals surface area contributed by atoms with Gasteiger partial charge in [-0.05, 0) is 12.8 Å². The standard InChI is InChI=1S/C49H96NO10P/c1-3-5-7-9-11-13-15-17-19-21-22-23-24-25-26-28-30-32-34-36-38-40-47(52)50-46(49(54)55)44-60-61(56,57)59-43-45(51)42-58-48(53)41-39-37-35-33-31-29-27-20-18-16-14-12-10-8-6-4-2/h45-46,51H,3-44H2,1-2H3,(H,50,52)(H,54,55)(H,56,57). The number of carboxylic acid groups (broad SMARTS) is 1. The van der Waals surface area contributed by atoms with Crippen molar-refractivity contribution >= 4 is 25.7 Å². The van der Waals surface area contributed by atoms with Crippen LogP contribution in [0.1, 0.15) is 264 Å². The number of rotatable bonds is 49. The van der Waals surface area contributed by atoms with Crippen LogP contribution < -0.4 is 5.32 Å². The molecule has 0 aliphatic carbocycles. The summed E-state index contributed by atoms with van der Waals surface area (Å²) < 4.78 is 26.9. The molecular weight excluding hydrogens is 794 g/mol. The number of hydrogen-bond donors (Lipinski definition) is 4. The molecule has 0 aromatic rings. The Morgan fingerprint density at radius 2 is 0.754 bits per heavy atom. The van der Waals surface area contributed by atoms with Crippen molar-refractivity contribution in [3.05, 3.63) is 0 Å². The first-order valence-corrected chi connectivity index (χ1v) is 27.1. The number of carbonyl (C=O) groups excluding carboxylic acids is 2. The van der Waals surface area contributed by atoms with E-state index < -0.39 is 57.6 Å². The van der Waals surface area contributed by atoms with E-state index in [9.17, 15) is 34.1 Å². The van der Waals surface area contributed by atoms with Crippen LogP contribution in [0.15, 0.2) is 0 Å². The summed E-state index contributed by atoms with van der Waals surface area (Å²) in [6.07, 6.45) is 45.5. The molecule has 1 amide bonds. The van der Waals surface area contributed by atoms with Gasteiger partial charge in [0.15, 0.2) is 6.04 Å². The molecule has 0 saturated carbocycles. The van der Waals surface area contributed by atoms with E-state index in [0.717, 1.165) is 38.5 Å². The zero-order valence-corrected chi connectivity index (χ0v) is 40.4. The molecule has 3 unspecified atom stereocenters. The van der Waals surface area contributed by atoms with Crippen LogP contribution in [-0.2, 0) is 32.7 Å². The Kier molecular flexibility index (Phi) is 43.9. The van der Waals surface area contributed by atoms with Gasteiger partial charge in [0.2, 0.25) is 5.91 Å². The lowest BCUT2D eigenvalue weighted by molar-refractivity contribution is -0.147. The molecule has 61 heavy (non-hydrogen) atoms. The molecule has 3 atom stereocenters. The van der Waals surface area contributed by atoms with E-state index in [2.05, 4.69) is 19.2 Å². The molecular formula is C49H96NO10P. The molecule has 11 nitrogen and oxygen atoms in total. The third-order valence-electron chi connectivity index (χ3n) is 11.6. The number of aliphatic carboxylic acids is 1. The summed E-state index contributed by atoms with van der Waals surface area (Å²) in [7, 11) is -4.75. The second kappa shape index (κ2) is 45.1. The molecule has 0 rings (SSSR count). The summed E-state index contributed by atoms with van der Waals surface area (Å²) >= 11 is 0. The number of ether oxygens (including phenoxy) is 1. The molecule has 0 aromatic carbocycles. The second-order valence-electron chi connectivity index (χ2n) is 17.7. The largest absolute Gasteiger partial charge is 0.480 e. The second-order valence-corrected chi connectivity index (χ2v) is 19.2. The van der Waals surface area contributed by atoms with Crippen molar-refractivity contribution in [3.63, 3.8) is 0 Å². The first kappa shape index (κ1) is 59.5. The van der Waals surface area contributed by atoms with Crippen LogP contribution in [0, 0.1) is 0 Å². The van der Waals surface area contributed by atoms with E-state index in [4.69, 9.17) is 13.8 Å². The number of carbonyl (C=O) groups is 3. The quantitative estimate of drug-likeness (QED) is 0.0262. The summed E-state index contributed by atoms with van der Waals surface area (Å²) in [4.78, 5) is 46.1. The number of amides is 1. The smallest absolute Gasteiger partial charge is 0.472 e. The van der Waals surface area contributed by atoms with Crippen LogP contribution in [0.2, 0.25) is 0 Å². The van der Waals surface area contributed by atoms with E-state index in [-0.39, 0.29) is 12.8 Å². The van der Waals surface area contributed by atoms with Crippen molar-refractivity contribution in [3.8, 4) is 0 Å². The van der Waals surface area contributed by atoms with Gasteiger partial charge < -0.3 is 25.2 Å². The zero-order chi connectivity index (χ0) is 44.9. The van der Waals surface area contributed by atoms with Gasteiger partial charge in [0, 0.05) is 12.8 Å². The highest BCUT2D eigenvalue weighted by Gasteiger charge is 2.28. The van der Waals surface area contributed by atoms with Crippen LogP contribution >= 0.6 is 7.82 Å². The Labute approximate surface area is 374 Å². The fourth-order valence-electron chi connectivity index (χ4n) is 7.67. The van der Waals surface area contributed by atoms with Gasteiger partial charge in [-0.3, -0.25) is 18.6 Å². The number of phosphoric ester groups is 1. The summed E-state index contributed by atoms with van der Waals surface area (Å²) in [6, 6.07) is -1.54. The Bertz CT molecular complexity index is 1050. The summed E-state index contributed by atoms with van der Waals surface area (Å²) in [6.45, 7) is 2.65. The van der Waals surface area contributed by atoms with Gasteiger partial charge >= 0.3 is 19.8 Å². The molecule has 0 saturated heterocycles. The molecule has 0 aromatic heterocycles. The number of hydrogen-bond acceptors (Lipinski definition) is 8. The average molecular weight is 890 g/mol. The Balaban J connectivity index is 3.78. The fraction of sp³-hybridized carbons (Fsp3) is 0.939. The van der Waals surface area contributed by atoms with Gasteiger partial charge in [-0.25, -0.2) is 9.36 Å². The van der Waals surface area contributed by atoms with Gasteiger partial charge in [-0.2, -0.15) is 0 Å². The lowest BCUT2D eigenvalue weighted by Crippen LogP contribution is -2.43. The van der Waals surface area contributed by atoms with Crippen LogP contribution in [-0.4, -0.2) is 64.9 Å². The molecule has 362 valence electrons. The Morgan fingerprint density at radius 1 is 0.459 bits per heavy atom. The highest BCUT2D eigenvalue weighted by molar-refractivity contribution is 7.47. The van der Waals surface area contributed by atoms with Crippen LogP contribution in [0.4, 0.5) is 0 Å². The molecule has 0 aliphatic heterocycles. The highest BCUT2D eigenvalue weighted by Crippen LogP contribution is 2.43. The summed E-state index contributed by atoms with van der Waals surface area (Å²) in [5, 5.41) is 21.9. The summed E-state index contributed by atoms with van der Waals surface area (Å²) in [5.41, 5.74) is 0. The highest BCUT2D eigenvalue weighted by atomic mass is 31.2. The number of nitrogens with one attached hydrogen (secondary N) is 1. The third kappa shape index (κ3) is 44.9. The fourth-order valence-corrected chi connectivity index (χ4v) is 8.44. The SMILES string of the molecule is CCCCCCCCCCCCCCCCCCCCCCCC(=O)NC(COP(=O)(O)OCC(O)COC(=O)CCCCCCCCCCCCCCCCCC)C(=O)O. The average Bonchev–Trinajstić information content (AvgIpc) is 3.24. The van der Waals surface area contributed by atoms with E-state index in [1.54, 1.807) is 0 Å². The number of esters is 1. The van der Waals surface area contributed by atoms with E-state index in [1.807, 2.05) is 0 Å². The molecule has 12 heteroatoms. The van der Waals surface area contributed by atoms with Crippen molar-refractivity contribution in [1.82, 2.24) is 5.32 Å². The number of aliphatic hydroxyl groups excluding tert-OH is 1. The predicted octanol–water partition coefficient (Wildman–Crippen LogP) is 13.8. The Hall–Kier alpha value is -1.52. The van der Waals surface area contributed by atoms with Gasteiger partial charge in [0.05, 0.1) is 13.2 Å². The number of phosphoric acid groups is 1. The number of carboxylic acids is 1. The number of unbranched alkanes of at least 4 members (excludes halogenated alkanes) is 35. The topological polar surface area (TPSA) is 169 Å². The van der Waals surface area contributed by atoms with Crippen LogP contribution in [0.3, 0.4) is 0 Å². The van der Waals surface area contributed by atoms with Gasteiger partial charge in [0.25, 0.3) is 0 Å². The van der Waals surface area contributed by atoms with Crippen molar-refractivity contribution < 1.29 is 47.8 Å². The van der Waals surface area contributed by atoms with Crippen molar-refractivity contribution in [2.24, 2.45) is 0 Å². The van der Waals surface area contributed by atoms with Crippen molar-refractivity contribution in [1.29, 1.82) is 0 Å². The first-order valence-electron chi connectivity index (χ1n) is 25.6. The monoisotopic (exact) mass is 890 g/mol.